The molecule has 1 aliphatic heterocycles. The van der Waals surface area contributed by atoms with Gasteiger partial charge in [0.25, 0.3) is 11.6 Å². The molecular weight excluding hydrogens is 413 g/mol. The summed E-state index contributed by atoms with van der Waals surface area (Å²) in [5.41, 5.74) is 0.582. The quantitative estimate of drug-likeness (QED) is 0.337. The Morgan fingerprint density at radius 1 is 1.20 bits per heavy atom. The summed E-state index contributed by atoms with van der Waals surface area (Å²) in [6.45, 7) is 2.40. The fourth-order valence-electron chi connectivity index (χ4n) is 2.99. The number of carbonyl (C=O) groups excluding carboxylic acids is 1. The number of benzene rings is 2. The standard InChI is InChI=1S/C20H17ClFN5O3/c21-18-6-5-17(27(29)30)11-19(18)24-20(28)14(12-23)13-25-7-9-26(10-8-25)16-3-1-15(22)2-4-16/h1-6,11,13H,7-10H2,(H,24,28)/b14-13-. The Hall–Kier alpha value is -3.64. The summed E-state index contributed by atoms with van der Waals surface area (Å²) in [6.07, 6.45) is 1.46. The molecule has 1 aliphatic rings. The van der Waals surface area contributed by atoms with E-state index >= 15 is 0 Å². The van der Waals surface area contributed by atoms with Gasteiger partial charge in [-0.1, -0.05) is 11.6 Å². The molecule has 0 saturated carbocycles. The summed E-state index contributed by atoms with van der Waals surface area (Å²) in [5.74, 6) is -1.00. The lowest BCUT2D eigenvalue weighted by molar-refractivity contribution is -0.384. The van der Waals surface area contributed by atoms with Gasteiger partial charge in [0.15, 0.2) is 0 Å². The minimum absolute atomic E-state index is 0.0538. The van der Waals surface area contributed by atoms with Gasteiger partial charge in [-0.15, -0.1) is 0 Å². The van der Waals surface area contributed by atoms with Gasteiger partial charge in [0.2, 0.25) is 0 Å². The lowest BCUT2D eigenvalue weighted by Crippen LogP contribution is -2.44. The fourth-order valence-corrected chi connectivity index (χ4v) is 3.16. The van der Waals surface area contributed by atoms with Crippen molar-refractivity contribution in [2.75, 3.05) is 36.4 Å². The van der Waals surface area contributed by atoms with Gasteiger partial charge < -0.3 is 15.1 Å². The minimum atomic E-state index is -0.708. The number of nitro groups is 1. The van der Waals surface area contributed by atoms with E-state index in [4.69, 9.17) is 11.6 Å². The van der Waals surface area contributed by atoms with Gasteiger partial charge >= 0.3 is 0 Å². The molecule has 1 fully saturated rings. The number of nitro benzene ring substituents is 1. The molecule has 0 bridgehead atoms. The number of anilines is 2. The smallest absolute Gasteiger partial charge is 0.271 e. The Balaban J connectivity index is 1.65. The summed E-state index contributed by atoms with van der Waals surface area (Å²) in [5, 5.41) is 22.9. The number of piperazine rings is 1. The average molecular weight is 430 g/mol. The summed E-state index contributed by atoms with van der Waals surface area (Å²) in [7, 11) is 0. The number of nitrogens with one attached hydrogen (secondary N) is 1. The molecular formula is C20H17ClFN5O3. The number of hydrogen-bond donors (Lipinski definition) is 1. The first-order valence-corrected chi connectivity index (χ1v) is 9.37. The van der Waals surface area contributed by atoms with E-state index in [1.165, 1.54) is 30.5 Å². The number of nitrogens with zero attached hydrogens (tertiary/aromatic N) is 4. The third-order valence-corrected chi connectivity index (χ3v) is 4.92. The van der Waals surface area contributed by atoms with Crippen LogP contribution in [0.25, 0.3) is 0 Å². The highest BCUT2D eigenvalue weighted by Gasteiger charge is 2.19. The summed E-state index contributed by atoms with van der Waals surface area (Å²) in [4.78, 5) is 26.7. The van der Waals surface area contributed by atoms with E-state index in [0.29, 0.717) is 26.2 Å². The van der Waals surface area contributed by atoms with Gasteiger partial charge in [0, 0.05) is 50.2 Å². The van der Waals surface area contributed by atoms with Crippen LogP contribution in [-0.4, -0.2) is 41.9 Å². The summed E-state index contributed by atoms with van der Waals surface area (Å²) in [6, 6.07) is 11.7. The monoisotopic (exact) mass is 429 g/mol. The summed E-state index contributed by atoms with van der Waals surface area (Å²) < 4.78 is 13.1. The number of amides is 1. The Bertz CT molecular complexity index is 1030. The van der Waals surface area contributed by atoms with Gasteiger partial charge in [-0.2, -0.15) is 5.26 Å². The van der Waals surface area contributed by atoms with Gasteiger partial charge in [-0.3, -0.25) is 14.9 Å². The van der Waals surface area contributed by atoms with Crippen LogP contribution in [0.4, 0.5) is 21.5 Å². The molecule has 2 aromatic carbocycles. The number of hydrogen-bond acceptors (Lipinski definition) is 6. The van der Waals surface area contributed by atoms with Crippen LogP contribution in [0.2, 0.25) is 5.02 Å². The molecule has 1 N–H and O–H groups in total. The average Bonchev–Trinajstić information content (AvgIpc) is 2.74. The van der Waals surface area contributed by atoms with Crippen molar-refractivity contribution < 1.29 is 14.1 Å². The maximum absolute atomic E-state index is 13.1. The van der Waals surface area contributed by atoms with Gasteiger partial charge in [-0.25, -0.2) is 4.39 Å². The first-order chi connectivity index (χ1) is 14.4. The fraction of sp³-hybridized carbons (Fsp3) is 0.200. The van der Waals surface area contributed by atoms with Crippen LogP contribution >= 0.6 is 11.6 Å². The van der Waals surface area contributed by atoms with Crippen LogP contribution < -0.4 is 10.2 Å². The van der Waals surface area contributed by atoms with Crippen molar-refractivity contribution in [2.24, 2.45) is 0 Å². The SMILES string of the molecule is N#C/C(=C/N1CCN(c2ccc(F)cc2)CC1)C(=O)Nc1cc([N+](=O)[O-])ccc1Cl. The van der Waals surface area contributed by atoms with E-state index in [1.807, 2.05) is 11.0 Å². The zero-order chi connectivity index (χ0) is 21.7. The van der Waals surface area contributed by atoms with Crippen molar-refractivity contribution in [2.45, 2.75) is 0 Å². The van der Waals surface area contributed by atoms with E-state index in [2.05, 4.69) is 10.2 Å². The second-order valence-electron chi connectivity index (χ2n) is 6.53. The van der Waals surface area contributed by atoms with Crippen molar-refractivity contribution in [3.63, 3.8) is 0 Å². The minimum Gasteiger partial charge on any atom is -0.373 e. The predicted molar refractivity (Wildman–Crippen MR) is 111 cm³/mol. The normalized spacial score (nSPS) is 14.2. The lowest BCUT2D eigenvalue weighted by atomic mass is 10.2. The lowest BCUT2D eigenvalue weighted by Gasteiger charge is -2.35. The Morgan fingerprint density at radius 2 is 1.87 bits per heavy atom. The molecule has 0 aliphatic carbocycles. The van der Waals surface area contributed by atoms with E-state index < -0.39 is 10.8 Å². The molecule has 1 amide bonds. The van der Waals surface area contributed by atoms with Crippen LogP contribution in [-0.2, 0) is 4.79 Å². The van der Waals surface area contributed by atoms with Gasteiger partial charge in [-0.05, 0) is 30.3 Å². The molecule has 10 heteroatoms. The second-order valence-corrected chi connectivity index (χ2v) is 6.94. The Labute approximate surface area is 176 Å². The van der Waals surface area contributed by atoms with Crippen LogP contribution in [0.15, 0.2) is 54.2 Å². The molecule has 0 unspecified atom stereocenters. The van der Waals surface area contributed by atoms with E-state index in [9.17, 15) is 24.6 Å². The number of rotatable bonds is 5. The molecule has 1 heterocycles. The van der Waals surface area contributed by atoms with Crippen molar-refractivity contribution in [1.82, 2.24) is 4.90 Å². The van der Waals surface area contributed by atoms with E-state index in [1.54, 1.807) is 12.1 Å². The van der Waals surface area contributed by atoms with Crippen LogP contribution in [0.3, 0.4) is 0 Å². The number of carbonyl (C=O) groups is 1. The van der Waals surface area contributed by atoms with Gasteiger partial charge in [0.1, 0.15) is 17.5 Å². The van der Waals surface area contributed by atoms with Crippen molar-refractivity contribution in [3.8, 4) is 6.07 Å². The molecule has 2 aromatic rings. The Kier molecular flexibility index (Phi) is 6.49. The molecule has 1 saturated heterocycles. The number of halogens is 2. The van der Waals surface area contributed by atoms with Gasteiger partial charge in [0.05, 0.1) is 15.6 Å². The van der Waals surface area contributed by atoms with E-state index in [-0.39, 0.29) is 27.8 Å². The zero-order valence-electron chi connectivity index (χ0n) is 15.7. The largest absolute Gasteiger partial charge is 0.373 e. The Morgan fingerprint density at radius 3 is 2.47 bits per heavy atom. The molecule has 154 valence electrons. The topological polar surface area (TPSA) is 103 Å². The summed E-state index contributed by atoms with van der Waals surface area (Å²) >= 11 is 5.99. The first kappa shape index (κ1) is 21.1. The third-order valence-electron chi connectivity index (χ3n) is 4.59. The first-order valence-electron chi connectivity index (χ1n) is 8.99. The highest BCUT2D eigenvalue weighted by Crippen LogP contribution is 2.27. The van der Waals surface area contributed by atoms with Crippen LogP contribution in [0.1, 0.15) is 0 Å². The highest BCUT2D eigenvalue weighted by atomic mass is 35.5. The van der Waals surface area contributed by atoms with Crippen LogP contribution in [0.5, 0.6) is 0 Å². The molecule has 0 spiro atoms. The molecule has 8 nitrogen and oxygen atoms in total. The predicted octanol–water partition coefficient (Wildman–Crippen LogP) is 3.56. The second kappa shape index (κ2) is 9.24. The van der Waals surface area contributed by atoms with Crippen molar-refractivity contribution in [1.29, 1.82) is 5.26 Å². The third kappa shape index (κ3) is 5.04. The van der Waals surface area contributed by atoms with Crippen molar-refractivity contribution in [3.05, 3.63) is 75.2 Å². The maximum Gasteiger partial charge on any atom is 0.271 e. The molecule has 0 radical (unpaired) electrons. The molecule has 3 rings (SSSR count). The number of nitriles is 1. The van der Waals surface area contributed by atoms with Crippen molar-refractivity contribution >= 4 is 34.6 Å². The van der Waals surface area contributed by atoms with Crippen LogP contribution in [0, 0.1) is 27.3 Å². The zero-order valence-corrected chi connectivity index (χ0v) is 16.5. The number of non-ortho nitro benzene ring substituents is 1. The van der Waals surface area contributed by atoms with E-state index in [0.717, 1.165) is 11.8 Å². The molecule has 30 heavy (non-hydrogen) atoms. The highest BCUT2D eigenvalue weighted by molar-refractivity contribution is 6.34. The maximum atomic E-state index is 13.1. The molecule has 0 aromatic heterocycles. The molecule has 0 atom stereocenters.